The number of aromatic amines is 1. The number of rotatable bonds is 15. The van der Waals surface area contributed by atoms with Crippen molar-refractivity contribution in [2.75, 3.05) is 53.9 Å². The number of hydrogen-bond acceptors (Lipinski definition) is 10. The number of H-pyrrole nitrogens is 1. The van der Waals surface area contributed by atoms with E-state index in [1.54, 1.807) is 25.3 Å². The number of fused-ring (bicyclic) bond motifs is 2. The summed E-state index contributed by atoms with van der Waals surface area (Å²) in [4.78, 5) is 16.8. The second-order valence-electron chi connectivity index (χ2n) is 11.4. The Hall–Kier alpha value is -4.76. The van der Waals surface area contributed by atoms with Crippen LogP contribution in [0.15, 0.2) is 83.6 Å². The molecular formula is C35H39N3O10S. The number of sulfonamides is 1. The first kappa shape index (κ1) is 34.1. The second kappa shape index (κ2) is 15.2. The zero-order valence-corrected chi connectivity index (χ0v) is 28.0. The molecule has 3 aromatic carbocycles. The number of benzene rings is 3. The average Bonchev–Trinajstić information content (AvgIpc) is 3.77. The van der Waals surface area contributed by atoms with Crippen LogP contribution in [0.25, 0.3) is 10.9 Å². The molecule has 3 N–H and O–H groups in total. The Morgan fingerprint density at radius 1 is 1.00 bits per heavy atom. The Balaban J connectivity index is 1.14. The van der Waals surface area contributed by atoms with Crippen LogP contribution >= 0.6 is 0 Å². The fourth-order valence-electron chi connectivity index (χ4n) is 5.83. The van der Waals surface area contributed by atoms with Gasteiger partial charge in [0.2, 0.25) is 23.1 Å². The molecule has 0 bridgehead atoms. The fourth-order valence-corrected chi connectivity index (χ4v) is 7.25. The number of nitrogens with one attached hydrogen (secondary N) is 2. The van der Waals surface area contributed by atoms with Crippen LogP contribution in [-0.2, 0) is 30.7 Å². The topological polar surface area (TPSA) is 158 Å². The molecule has 2 aliphatic rings. The van der Waals surface area contributed by atoms with Crippen molar-refractivity contribution in [1.29, 1.82) is 0 Å². The van der Waals surface area contributed by atoms with Gasteiger partial charge < -0.3 is 43.8 Å². The van der Waals surface area contributed by atoms with Crippen molar-refractivity contribution in [3.8, 4) is 23.0 Å². The molecule has 0 saturated heterocycles. The van der Waals surface area contributed by atoms with Crippen LogP contribution in [0, 0.1) is 0 Å². The number of carbonyl (C=O) groups is 1. The number of aliphatic hydroxyl groups is 1. The van der Waals surface area contributed by atoms with Gasteiger partial charge in [-0.05, 0) is 78.2 Å². The Bertz CT molecular complexity index is 1910. The minimum atomic E-state index is -3.94. The van der Waals surface area contributed by atoms with E-state index in [0.717, 1.165) is 32.1 Å². The monoisotopic (exact) mass is 693 g/mol. The maximum absolute atomic E-state index is 13.4. The van der Waals surface area contributed by atoms with Crippen molar-refractivity contribution in [1.82, 2.24) is 14.6 Å². The molecule has 3 heterocycles. The predicted molar refractivity (Wildman–Crippen MR) is 179 cm³/mol. The predicted octanol–water partition coefficient (Wildman–Crippen LogP) is 3.69. The first-order valence-corrected chi connectivity index (χ1v) is 17.3. The van der Waals surface area contributed by atoms with E-state index in [4.69, 9.17) is 28.4 Å². The molecule has 2 aliphatic heterocycles. The van der Waals surface area contributed by atoms with E-state index in [-0.39, 0.29) is 49.7 Å². The van der Waals surface area contributed by atoms with E-state index in [2.05, 4.69) is 10.3 Å². The maximum atomic E-state index is 13.4. The molecule has 14 heteroatoms. The van der Waals surface area contributed by atoms with E-state index in [1.165, 1.54) is 19.2 Å². The summed E-state index contributed by atoms with van der Waals surface area (Å²) in [5, 5.41) is 13.6. The quantitative estimate of drug-likeness (QED) is 0.168. The van der Waals surface area contributed by atoms with Gasteiger partial charge in [-0.1, -0.05) is 6.07 Å². The summed E-state index contributed by atoms with van der Waals surface area (Å²) >= 11 is 0. The molecule has 0 spiro atoms. The largest absolute Gasteiger partial charge is 0.497 e. The van der Waals surface area contributed by atoms with Gasteiger partial charge in [-0.25, -0.2) is 8.42 Å². The average molecular weight is 694 g/mol. The zero-order chi connectivity index (χ0) is 34.4. The highest BCUT2D eigenvalue weighted by atomic mass is 32.2. The number of nitrogens with zero attached hydrogens (tertiary/aromatic N) is 1. The number of ether oxygens (including phenoxy) is 6. The van der Waals surface area contributed by atoms with Crippen LogP contribution in [0.4, 0.5) is 0 Å². The van der Waals surface area contributed by atoms with E-state index in [9.17, 15) is 18.3 Å². The van der Waals surface area contributed by atoms with Crippen LogP contribution in [0.2, 0.25) is 0 Å². The molecule has 4 aromatic rings. The Kier molecular flexibility index (Phi) is 10.6. The lowest BCUT2D eigenvalue weighted by Crippen LogP contribution is -2.38. The molecular weight excluding hydrogens is 654 g/mol. The molecule has 1 amide bonds. The van der Waals surface area contributed by atoms with Crippen molar-refractivity contribution < 1.29 is 46.7 Å². The van der Waals surface area contributed by atoms with E-state index < -0.39 is 22.2 Å². The lowest BCUT2D eigenvalue weighted by atomic mass is 9.92. The molecule has 0 radical (unpaired) electrons. The second-order valence-corrected chi connectivity index (χ2v) is 13.4. The molecule has 0 aliphatic carbocycles. The van der Waals surface area contributed by atoms with Gasteiger partial charge in [-0.2, -0.15) is 4.31 Å². The summed E-state index contributed by atoms with van der Waals surface area (Å²) in [6, 6.07) is 17.4. The number of aromatic nitrogens is 1. The molecule has 49 heavy (non-hydrogen) atoms. The first-order valence-electron chi connectivity index (χ1n) is 15.9. The van der Waals surface area contributed by atoms with Gasteiger partial charge in [0, 0.05) is 49.1 Å². The van der Waals surface area contributed by atoms with Crippen LogP contribution in [0.3, 0.4) is 0 Å². The minimum Gasteiger partial charge on any atom is -0.497 e. The Morgan fingerprint density at radius 3 is 2.55 bits per heavy atom. The molecule has 13 nitrogen and oxygen atoms in total. The minimum absolute atomic E-state index is 0.0488. The highest BCUT2D eigenvalue weighted by molar-refractivity contribution is 7.89. The smallest absolute Gasteiger partial charge is 0.286 e. The number of allylic oxidation sites excluding steroid dienone is 1. The van der Waals surface area contributed by atoms with Crippen LogP contribution in [0.5, 0.6) is 23.0 Å². The summed E-state index contributed by atoms with van der Waals surface area (Å²) in [5.41, 5.74) is 2.88. The lowest BCUT2D eigenvalue weighted by Gasteiger charge is -2.30. The molecule has 0 fully saturated rings. The molecule has 2 atom stereocenters. The number of aliphatic hydroxyl groups excluding tert-OH is 1. The standard InChI is InChI=1S/C35H39N3O10S/c1-43-26-4-7-28(8-5-26)49(41,42)38(13-15-39)14-16-45-34-19-25(23-3-10-31-32(17-23)47-22-46-31)18-33(48-34)35(40)36-12-11-24-21-37-30-9-6-27(44-2)20-29(24)30/h3-10,17-18,20-21,25,34,37,39H,11-16,19,22H2,1-2H3,(H,36,40)/t25-,34+/m0/s1. The number of methoxy groups -OCH3 is 2. The first-order chi connectivity index (χ1) is 23.8. The van der Waals surface area contributed by atoms with Gasteiger partial charge in [0.15, 0.2) is 17.3 Å². The zero-order valence-electron chi connectivity index (χ0n) is 27.2. The third-order valence-electron chi connectivity index (χ3n) is 8.45. The van der Waals surface area contributed by atoms with Gasteiger partial charge >= 0.3 is 0 Å². The van der Waals surface area contributed by atoms with Gasteiger partial charge in [0.1, 0.15) is 11.5 Å². The van der Waals surface area contributed by atoms with Crippen LogP contribution in [-0.4, -0.2) is 88.9 Å². The molecule has 260 valence electrons. The van der Waals surface area contributed by atoms with Gasteiger partial charge in [-0.3, -0.25) is 4.79 Å². The fraction of sp³-hybridized carbons (Fsp3) is 0.343. The SMILES string of the molecule is COc1ccc(S(=O)(=O)N(CCO)CCO[C@H]2C[C@@H](c3ccc4c(c3)OCO4)C=C(C(=O)NCCc3c[nH]c4ccc(OC)cc34)O2)cc1. The van der Waals surface area contributed by atoms with Crippen molar-refractivity contribution in [2.45, 2.75) is 29.9 Å². The number of hydrogen-bond donors (Lipinski definition) is 3. The van der Waals surface area contributed by atoms with Gasteiger partial charge in [-0.15, -0.1) is 0 Å². The van der Waals surface area contributed by atoms with Crippen molar-refractivity contribution in [2.24, 2.45) is 0 Å². The Morgan fingerprint density at radius 2 is 1.78 bits per heavy atom. The third-order valence-corrected chi connectivity index (χ3v) is 10.4. The Labute approximate surface area is 284 Å². The molecule has 0 saturated carbocycles. The number of carbonyl (C=O) groups excluding carboxylic acids is 1. The van der Waals surface area contributed by atoms with E-state index in [1.807, 2.05) is 42.6 Å². The third kappa shape index (κ3) is 7.78. The van der Waals surface area contributed by atoms with Crippen LogP contribution in [0.1, 0.15) is 23.5 Å². The maximum Gasteiger partial charge on any atom is 0.286 e. The normalized spacial score (nSPS) is 17.1. The van der Waals surface area contributed by atoms with Crippen molar-refractivity contribution in [3.63, 3.8) is 0 Å². The van der Waals surface area contributed by atoms with Crippen molar-refractivity contribution in [3.05, 3.63) is 89.8 Å². The molecule has 1 aromatic heterocycles. The summed E-state index contributed by atoms with van der Waals surface area (Å²) < 4.78 is 61.5. The summed E-state index contributed by atoms with van der Waals surface area (Å²) in [6.45, 7) is -0.116. The highest BCUT2D eigenvalue weighted by Crippen LogP contribution is 2.38. The molecule has 0 unspecified atom stereocenters. The van der Waals surface area contributed by atoms with Crippen LogP contribution < -0.4 is 24.3 Å². The van der Waals surface area contributed by atoms with E-state index >= 15 is 0 Å². The summed E-state index contributed by atoms with van der Waals surface area (Å²) in [7, 11) is -0.819. The van der Waals surface area contributed by atoms with E-state index in [0.29, 0.717) is 36.6 Å². The summed E-state index contributed by atoms with van der Waals surface area (Å²) in [5.74, 6) is 1.94. The van der Waals surface area contributed by atoms with Crippen molar-refractivity contribution >= 4 is 26.8 Å². The lowest BCUT2D eigenvalue weighted by molar-refractivity contribution is -0.146. The van der Waals surface area contributed by atoms with Gasteiger partial charge in [0.05, 0.1) is 32.3 Å². The number of amides is 1. The highest BCUT2D eigenvalue weighted by Gasteiger charge is 2.31. The molecule has 6 rings (SSSR count). The summed E-state index contributed by atoms with van der Waals surface area (Å²) in [6.07, 6.45) is 3.75. The van der Waals surface area contributed by atoms with Gasteiger partial charge in [0.25, 0.3) is 5.91 Å².